The molecule has 0 saturated carbocycles. The number of hydrogen-bond acceptors (Lipinski definition) is 3. The summed E-state index contributed by atoms with van der Waals surface area (Å²) in [5.41, 5.74) is 1.37. The van der Waals surface area contributed by atoms with Crippen LogP contribution >= 0.6 is 0 Å². The fourth-order valence-electron chi connectivity index (χ4n) is 2.90. The molecule has 1 fully saturated rings. The summed E-state index contributed by atoms with van der Waals surface area (Å²) in [6.07, 6.45) is 1.14. The van der Waals surface area contributed by atoms with Crippen molar-refractivity contribution in [2.24, 2.45) is 4.99 Å². The zero-order chi connectivity index (χ0) is 15.8. The minimum absolute atomic E-state index is 0.437. The number of benzene rings is 1. The molecule has 0 radical (unpaired) electrons. The van der Waals surface area contributed by atoms with Gasteiger partial charge in [-0.25, -0.2) is 0 Å². The van der Waals surface area contributed by atoms with Crippen LogP contribution in [0, 0.1) is 0 Å². The Hall–Kier alpha value is -1.59. The van der Waals surface area contributed by atoms with Gasteiger partial charge in [0.1, 0.15) is 0 Å². The zero-order valence-corrected chi connectivity index (χ0v) is 13.9. The van der Waals surface area contributed by atoms with Crippen LogP contribution in [0.5, 0.6) is 0 Å². The van der Waals surface area contributed by atoms with Gasteiger partial charge >= 0.3 is 0 Å². The van der Waals surface area contributed by atoms with E-state index in [1.54, 1.807) is 7.11 Å². The van der Waals surface area contributed by atoms with Crippen LogP contribution in [0.1, 0.15) is 18.9 Å². The van der Waals surface area contributed by atoms with Gasteiger partial charge in [0, 0.05) is 45.9 Å². The van der Waals surface area contributed by atoms with Crippen LogP contribution in [-0.4, -0.2) is 56.8 Å². The Morgan fingerprint density at radius 2 is 2.14 bits per heavy atom. The van der Waals surface area contributed by atoms with E-state index in [0.717, 1.165) is 32.0 Å². The van der Waals surface area contributed by atoms with E-state index in [2.05, 4.69) is 57.8 Å². The summed E-state index contributed by atoms with van der Waals surface area (Å²) in [5.74, 6) is 0.857. The third kappa shape index (κ3) is 5.00. The summed E-state index contributed by atoms with van der Waals surface area (Å²) < 4.78 is 5.05. The molecule has 5 heteroatoms. The second-order valence-electron chi connectivity index (χ2n) is 5.83. The van der Waals surface area contributed by atoms with Crippen molar-refractivity contribution in [3.05, 3.63) is 35.9 Å². The first kappa shape index (κ1) is 16.8. The monoisotopic (exact) mass is 304 g/mol. The van der Waals surface area contributed by atoms with Gasteiger partial charge in [0.05, 0.1) is 6.61 Å². The van der Waals surface area contributed by atoms with Crippen LogP contribution < -0.4 is 10.6 Å². The fraction of sp³-hybridized carbons (Fsp3) is 0.588. The fourth-order valence-corrected chi connectivity index (χ4v) is 2.90. The summed E-state index contributed by atoms with van der Waals surface area (Å²) in [7, 11) is 3.51. The molecule has 0 aromatic heterocycles. The van der Waals surface area contributed by atoms with Gasteiger partial charge in [0.2, 0.25) is 0 Å². The van der Waals surface area contributed by atoms with E-state index in [4.69, 9.17) is 4.74 Å². The Morgan fingerprint density at radius 1 is 1.36 bits per heavy atom. The number of nitrogens with zero attached hydrogens (tertiary/aromatic N) is 2. The van der Waals surface area contributed by atoms with Crippen molar-refractivity contribution >= 4 is 5.96 Å². The minimum atomic E-state index is 0.437. The molecule has 1 aromatic carbocycles. The van der Waals surface area contributed by atoms with Crippen molar-refractivity contribution in [3.8, 4) is 0 Å². The average Bonchev–Trinajstić information content (AvgIpc) is 2.87. The molecule has 1 heterocycles. The molecule has 2 rings (SSSR count). The van der Waals surface area contributed by atoms with Crippen LogP contribution in [0.2, 0.25) is 0 Å². The first-order chi connectivity index (χ1) is 10.7. The molecule has 2 N–H and O–H groups in total. The van der Waals surface area contributed by atoms with Crippen LogP contribution in [-0.2, 0) is 11.3 Å². The minimum Gasteiger partial charge on any atom is -0.383 e. The normalized spacial score (nSPS) is 22.8. The van der Waals surface area contributed by atoms with Crippen LogP contribution in [0.4, 0.5) is 0 Å². The number of methoxy groups -OCH3 is 1. The van der Waals surface area contributed by atoms with Crippen molar-refractivity contribution in [3.63, 3.8) is 0 Å². The SMILES string of the molecule is CN=C(NCCOC)NC1CC(C)N(Cc2ccccc2)C1. The van der Waals surface area contributed by atoms with Crippen LogP contribution in [0.15, 0.2) is 35.3 Å². The molecule has 22 heavy (non-hydrogen) atoms. The second kappa shape index (κ2) is 8.76. The van der Waals surface area contributed by atoms with Crippen molar-refractivity contribution in [1.82, 2.24) is 15.5 Å². The molecule has 0 spiro atoms. The van der Waals surface area contributed by atoms with E-state index in [0.29, 0.717) is 18.7 Å². The molecule has 2 unspecified atom stereocenters. The highest BCUT2D eigenvalue weighted by atomic mass is 16.5. The van der Waals surface area contributed by atoms with E-state index >= 15 is 0 Å². The summed E-state index contributed by atoms with van der Waals surface area (Å²) in [6.45, 7) is 5.80. The predicted octanol–water partition coefficient (Wildman–Crippen LogP) is 1.46. The Morgan fingerprint density at radius 3 is 2.82 bits per heavy atom. The third-order valence-corrected chi connectivity index (χ3v) is 4.10. The smallest absolute Gasteiger partial charge is 0.191 e. The Bertz CT molecular complexity index is 463. The van der Waals surface area contributed by atoms with Gasteiger partial charge in [-0.05, 0) is 18.9 Å². The molecule has 0 amide bonds. The van der Waals surface area contributed by atoms with Crippen LogP contribution in [0.25, 0.3) is 0 Å². The highest BCUT2D eigenvalue weighted by Crippen LogP contribution is 2.20. The number of hydrogen-bond donors (Lipinski definition) is 2. The Kier molecular flexibility index (Phi) is 6.68. The maximum atomic E-state index is 5.05. The van der Waals surface area contributed by atoms with E-state index in [1.165, 1.54) is 5.56 Å². The maximum Gasteiger partial charge on any atom is 0.191 e. The standard InChI is InChI=1S/C17H28N4O/c1-14-11-16(20-17(18-2)19-9-10-22-3)13-21(14)12-15-7-5-4-6-8-15/h4-8,14,16H,9-13H2,1-3H3,(H2,18,19,20). The highest BCUT2D eigenvalue weighted by molar-refractivity contribution is 5.80. The lowest BCUT2D eigenvalue weighted by Crippen LogP contribution is -2.45. The Labute approximate surface area is 133 Å². The molecule has 1 aliphatic heterocycles. The van der Waals surface area contributed by atoms with E-state index in [9.17, 15) is 0 Å². The quantitative estimate of drug-likeness (QED) is 0.475. The summed E-state index contributed by atoms with van der Waals surface area (Å²) >= 11 is 0. The molecule has 1 aromatic rings. The van der Waals surface area contributed by atoms with Crippen LogP contribution in [0.3, 0.4) is 0 Å². The number of nitrogens with one attached hydrogen (secondary N) is 2. The van der Waals surface area contributed by atoms with Gasteiger partial charge in [-0.3, -0.25) is 9.89 Å². The molecule has 2 atom stereocenters. The molecular formula is C17H28N4O. The lowest BCUT2D eigenvalue weighted by atomic mass is 10.2. The topological polar surface area (TPSA) is 48.9 Å². The third-order valence-electron chi connectivity index (χ3n) is 4.10. The van der Waals surface area contributed by atoms with Gasteiger partial charge in [-0.2, -0.15) is 0 Å². The van der Waals surface area contributed by atoms with Gasteiger partial charge in [0.15, 0.2) is 5.96 Å². The van der Waals surface area contributed by atoms with Gasteiger partial charge in [0.25, 0.3) is 0 Å². The zero-order valence-electron chi connectivity index (χ0n) is 13.9. The lowest BCUT2D eigenvalue weighted by Gasteiger charge is -2.21. The summed E-state index contributed by atoms with van der Waals surface area (Å²) in [4.78, 5) is 6.80. The van der Waals surface area contributed by atoms with E-state index < -0.39 is 0 Å². The largest absolute Gasteiger partial charge is 0.383 e. The highest BCUT2D eigenvalue weighted by Gasteiger charge is 2.29. The van der Waals surface area contributed by atoms with E-state index in [-0.39, 0.29) is 0 Å². The predicted molar refractivity (Wildman–Crippen MR) is 91.1 cm³/mol. The number of ether oxygens (including phenoxy) is 1. The second-order valence-corrected chi connectivity index (χ2v) is 5.83. The van der Waals surface area contributed by atoms with Crippen molar-refractivity contribution in [2.75, 3.05) is 33.9 Å². The number of guanidine groups is 1. The number of rotatable bonds is 6. The van der Waals surface area contributed by atoms with Crippen molar-refractivity contribution in [2.45, 2.75) is 32.0 Å². The summed E-state index contributed by atoms with van der Waals surface area (Å²) in [5, 5.41) is 6.78. The molecule has 1 aliphatic rings. The Balaban J connectivity index is 1.82. The van der Waals surface area contributed by atoms with Gasteiger partial charge in [-0.15, -0.1) is 0 Å². The molecule has 5 nitrogen and oxygen atoms in total. The first-order valence-corrected chi connectivity index (χ1v) is 7.97. The molecule has 1 saturated heterocycles. The van der Waals surface area contributed by atoms with Gasteiger partial charge in [-0.1, -0.05) is 30.3 Å². The maximum absolute atomic E-state index is 5.05. The molecule has 0 aliphatic carbocycles. The van der Waals surface area contributed by atoms with Crippen molar-refractivity contribution < 1.29 is 4.74 Å². The first-order valence-electron chi connectivity index (χ1n) is 7.97. The lowest BCUT2D eigenvalue weighted by molar-refractivity contribution is 0.203. The number of likely N-dealkylation sites (tertiary alicyclic amines) is 1. The average molecular weight is 304 g/mol. The molecule has 0 bridgehead atoms. The molecule has 122 valence electrons. The summed E-state index contributed by atoms with van der Waals surface area (Å²) in [6, 6.07) is 11.7. The van der Waals surface area contributed by atoms with E-state index in [1.807, 2.05) is 7.05 Å². The number of aliphatic imine (C=N–C) groups is 1. The van der Waals surface area contributed by atoms with Crippen molar-refractivity contribution in [1.29, 1.82) is 0 Å². The van der Waals surface area contributed by atoms with Gasteiger partial charge < -0.3 is 15.4 Å². The molecular weight excluding hydrogens is 276 g/mol.